The van der Waals surface area contributed by atoms with Crippen LogP contribution in [-0.2, 0) is 6.42 Å². The lowest BCUT2D eigenvalue weighted by Crippen LogP contribution is -2.00. The molecule has 1 rings (SSSR count). The van der Waals surface area contributed by atoms with Crippen molar-refractivity contribution in [2.75, 3.05) is 6.54 Å². The van der Waals surface area contributed by atoms with E-state index in [2.05, 4.69) is 0 Å². The fourth-order valence-electron chi connectivity index (χ4n) is 1.06. The molecule has 0 aliphatic rings. The van der Waals surface area contributed by atoms with Crippen LogP contribution in [-0.4, -0.2) is 6.54 Å². The van der Waals surface area contributed by atoms with Gasteiger partial charge in [-0.25, -0.2) is 8.78 Å². The second kappa shape index (κ2) is 4.16. The molecule has 0 unspecified atom stereocenters. The fourth-order valence-corrected chi connectivity index (χ4v) is 1.06. The van der Waals surface area contributed by atoms with Gasteiger partial charge in [-0.15, -0.1) is 0 Å². The minimum Gasteiger partial charge on any atom is -0.330 e. The lowest BCUT2D eigenvalue weighted by molar-refractivity contribution is 0.578. The van der Waals surface area contributed by atoms with Crippen molar-refractivity contribution in [3.05, 3.63) is 35.4 Å². The highest BCUT2D eigenvalue weighted by atomic mass is 19.1. The molecule has 0 saturated heterocycles. The van der Waals surface area contributed by atoms with E-state index >= 15 is 0 Å². The van der Waals surface area contributed by atoms with Crippen LogP contribution in [0.4, 0.5) is 8.78 Å². The first-order chi connectivity index (χ1) is 5.72. The van der Waals surface area contributed by atoms with Crippen LogP contribution in [0.5, 0.6) is 0 Å². The van der Waals surface area contributed by atoms with Crippen LogP contribution in [0.25, 0.3) is 0 Å². The Hall–Kier alpha value is -0.960. The highest BCUT2D eigenvalue weighted by molar-refractivity contribution is 5.17. The van der Waals surface area contributed by atoms with Gasteiger partial charge in [0.25, 0.3) is 0 Å². The van der Waals surface area contributed by atoms with Gasteiger partial charge in [0.05, 0.1) is 0 Å². The maximum atomic E-state index is 12.6. The van der Waals surface area contributed by atoms with E-state index in [1.54, 1.807) is 0 Å². The molecule has 0 heterocycles. The molecule has 0 atom stereocenters. The molecule has 0 aromatic heterocycles. The lowest BCUT2D eigenvalue weighted by Gasteiger charge is -1.99. The molecule has 0 radical (unpaired) electrons. The van der Waals surface area contributed by atoms with E-state index in [1.165, 1.54) is 12.1 Å². The third kappa shape index (κ3) is 2.58. The van der Waals surface area contributed by atoms with E-state index < -0.39 is 11.6 Å². The number of hydrogen-bond donors (Lipinski definition) is 1. The van der Waals surface area contributed by atoms with Crippen molar-refractivity contribution < 1.29 is 8.78 Å². The molecule has 66 valence electrons. The van der Waals surface area contributed by atoms with Crippen LogP contribution < -0.4 is 5.73 Å². The molecule has 12 heavy (non-hydrogen) atoms. The minimum atomic E-state index is -0.526. The lowest BCUT2D eigenvalue weighted by atomic mass is 10.1. The van der Waals surface area contributed by atoms with Crippen LogP contribution in [0.2, 0.25) is 0 Å². The van der Waals surface area contributed by atoms with Crippen LogP contribution in [0, 0.1) is 11.6 Å². The smallest absolute Gasteiger partial charge is 0.126 e. The Morgan fingerprint density at radius 1 is 1.08 bits per heavy atom. The summed E-state index contributed by atoms with van der Waals surface area (Å²) in [6, 6.07) is 3.53. The van der Waals surface area contributed by atoms with Gasteiger partial charge in [-0.1, -0.05) is 0 Å². The molecular formula is C9H11F2N. The molecule has 0 aliphatic heterocycles. The molecule has 0 amide bonds. The topological polar surface area (TPSA) is 26.0 Å². The second-order valence-corrected chi connectivity index (χ2v) is 2.67. The molecule has 1 aromatic rings. The summed E-state index contributed by atoms with van der Waals surface area (Å²) in [5, 5.41) is 0. The monoisotopic (exact) mass is 171 g/mol. The largest absolute Gasteiger partial charge is 0.330 e. The Balaban J connectivity index is 2.72. The van der Waals surface area contributed by atoms with Crippen molar-refractivity contribution in [1.82, 2.24) is 0 Å². The zero-order chi connectivity index (χ0) is 8.97. The number of benzene rings is 1. The highest BCUT2D eigenvalue weighted by Gasteiger charge is 1.99. The standard InChI is InChI=1S/C9H11F2N/c10-8-4-7(2-1-3-12)5-9(11)6-8/h4-6H,1-3,12H2. The van der Waals surface area contributed by atoms with E-state index in [0.29, 0.717) is 18.5 Å². The number of aryl methyl sites for hydroxylation is 1. The average molecular weight is 171 g/mol. The molecule has 1 aromatic carbocycles. The summed E-state index contributed by atoms with van der Waals surface area (Å²) in [6.45, 7) is 0.540. The molecular weight excluding hydrogens is 160 g/mol. The van der Waals surface area contributed by atoms with Gasteiger partial charge in [-0.05, 0) is 37.1 Å². The minimum absolute atomic E-state index is 0.526. The van der Waals surface area contributed by atoms with Gasteiger partial charge in [-0.2, -0.15) is 0 Å². The summed E-state index contributed by atoms with van der Waals surface area (Å²) in [5.41, 5.74) is 5.93. The van der Waals surface area contributed by atoms with Crippen molar-refractivity contribution >= 4 is 0 Å². The Morgan fingerprint density at radius 3 is 2.17 bits per heavy atom. The number of rotatable bonds is 3. The molecule has 0 saturated carbocycles. The summed E-state index contributed by atoms with van der Waals surface area (Å²) < 4.78 is 25.2. The van der Waals surface area contributed by atoms with Crippen LogP contribution >= 0.6 is 0 Å². The average Bonchev–Trinajstić information content (AvgIpc) is 1.99. The summed E-state index contributed by atoms with van der Waals surface area (Å²) in [7, 11) is 0. The van der Waals surface area contributed by atoms with Gasteiger partial charge in [0.15, 0.2) is 0 Å². The van der Waals surface area contributed by atoms with Crippen molar-refractivity contribution in [3.63, 3.8) is 0 Å². The molecule has 0 spiro atoms. The Labute approximate surface area is 70.2 Å². The highest BCUT2D eigenvalue weighted by Crippen LogP contribution is 2.09. The predicted molar refractivity (Wildman–Crippen MR) is 43.7 cm³/mol. The molecule has 3 heteroatoms. The maximum Gasteiger partial charge on any atom is 0.126 e. The van der Waals surface area contributed by atoms with Gasteiger partial charge in [0.2, 0.25) is 0 Å². The summed E-state index contributed by atoms with van der Waals surface area (Å²) in [6.07, 6.45) is 1.38. The van der Waals surface area contributed by atoms with Crippen LogP contribution in [0.1, 0.15) is 12.0 Å². The van der Waals surface area contributed by atoms with Crippen LogP contribution in [0.3, 0.4) is 0 Å². The molecule has 0 aliphatic carbocycles. The van der Waals surface area contributed by atoms with E-state index in [9.17, 15) is 8.78 Å². The zero-order valence-electron chi connectivity index (χ0n) is 6.69. The zero-order valence-corrected chi connectivity index (χ0v) is 6.69. The fraction of sp³-hybridized carbons (Fsp3) is 0.333. The first kappa shape index (κ1) is 9.13. The Bertz CT molecular complexity index is 240. The van der Waals surface area contributed by atoms with Crippen LogP contribution in [0.15, 0.2) is 18.2 Å². The first-order valence-electron chi connectivity index (χ1n) is 3.87. The normalized spacial score (nSPS) is 10.2. The third-order valence-electron chi connectivity index (χ3n) is 1.59. The Morgan fingerprint density at radius 2 is 1.67 bits per heavy atom. The maximum absolute atomic E-state index is 12.6. The number of nitrogens with two attached hydrogens (primary N) is 1. The second-order valence-electron chi connectivity index (χ2n) is 2.67. The van der Waals surface area contributed by atoms with Gasteiger partial charge in [-0.3, -0.25) is 0 Å². The Kier molecular flexibility index (Phi) is 3.17. The first-order valence-corrected chi connectivity index (χ1v) is 3.87. The van der Waals surface area contributed by atoms with Gasteiger partial charge in [0, 0.05) is 6.07 Å². The quantitative estimate of drug-likeness (QED) is 0.738. The van der Waals surface area contributed by atoms with Crippen molar-refractivity contribution in [1.29, 1.82) is 0 Å². The predicted octanol–water partition coefficient (Wildman–Crippen LogP) is 1.86. The van der Waals surface area contributed by atoms with Crippen molar-refractivity contribution in [3.8, 4) is 0 Å². The summed E-state index contributed by atoms with van der Waals surface area (Å²) in [4.78, 5) is 0. The van der Waals surface area contributed by atoms with Crippen molar-refractivity contribution in [2.24, 2.45) is 5.73 Å². The summed E-state index contributed by atoms with van der Waals surface area (Å²) >= 11 is 0. The van der Waals surface area contributed by atoms with E-state index in [0.717, 1.165) is 12.5 Å². The number of halogens is 2. The number of hydrogen-bond acceptors (Lipinski definition) is 1. The summed E-state index contributed by atoms with van der Waals surface area (Å²) in [5.74, 6) is -1.05. The van der Waals surface area contributed by atoms with Gasteiger partial charge >= 0.3 is 0 Å². The molecule has 1 nitrogen and oxygen atoms in total. The van der Waals surface area contributed by atoms with Gasteiger partial charge < -0.3 is 5.73 Å². The molecule has 2 N–H and O–H groups in total. The third-order valence-corrected chi connectivity index (χ3v) is 1.59. The van der Waals surface area contributed by atoms with Crippen molar-refractivity contribution in [2.45, 2.75) is 12.8 Å². The molecule has 0 fully saturated rings. The van der Waals surface area contributed by atoms with E-state index in [-0.39, 0.29) is 0 Å². The SMILES string of the molecule is NCCCc1cc(F)cc(F)c1. The van der Waals surface area contributed by atoms with E-state index in [4.69, 9.17) is 5.73 Å². The van der Waals surface area contributed by atoms with E-state index in [1.807, 2.05) is 0 Å². The van der Waals surface area contributed by atoms with Gasteiger partial charge in [0.1, 0.15) is 11.6 Å². The molecule has 0 bridgehead atoms.